The summed E-state index contributed by atoms with van der Waals surface area (Å²) in [7, 11) is 0. The predicted molar refractivity (Wildman–Crippen MR) is 57.2 cm³/mol. The summed E-state index contributed by atoms with van der Waals surface area (Å²) in [5.41, 5.74) is 4.92. The quantitative estimate of drug-likeness (QED) is 0.561. The molecule has 13 heavy (non-hydrogen) atoms. The van der Waals surface area contributed by atoms with Gasteiger partial charge < -0.3 is 0 Å². The van der Waals surface area contributed by atoms with Gasteiger partial charge in [0.1, 0.15) is 0 Å². The van der Waals surface area contributed by atoms with Crippen LogP contribution in [0.4, 0.5) is 0 Å². The Kier molecular flexibility index (Phi) is 1.76. The lowest BCUT2D eigenvalue weighted by Crippen LogP contribution is -2.11. The van der Waals surface area contributed by atoms with Crippen LogP contribution in [0.2, 0.25) is 0 Å². The Morgan fingerprint density at radius 1 is 1.31 bits per heavy atom. The number of benzene rings is 1. The van der Waals surface area contributed by atoms with E-state index in [1.807, 2.05) is 0 Å². The van der Waals surface area contributed by atoms with Crippen LogP contribution in [0.1, 0.15) is 49.8 Å². The fourth-order valence-corrected chi connectivity index (χ4v) is 2.69. The maximum Gasteiger partial charge on any atom is -0.00950 e. The van der Waals surface area contributed by atoms with Crippen LogP contribution in [0, 0.1) is 6.92 Å². The zero-order chi connectivity index (χ0) is 9.64. The maximum absolute atomic E-state index is 2.36. The summed E-state index contributed by atoms with van der Waals surface area (Å²) in [4.78, 5) is 0. The van der Waals surface area contributed by atoms with Crippen LogP contribution in [0.15, 0.2) is 18.2 Å². The third-order valence-electron chi connectivity index (χ3n) is 3.28. The molecule has 1 aliphatic carbocycles. The van der Waals surface area contributed by atoms with E-state index in [-0.39, 0.29) is 0 Å². The van der Waals surface area contributed by atoms with E-state index >= 15 is 0 Å². The average Bonchev–Trinajstić information content (AvgIpc) is 2.22. The lowest BCUT2D eigenvalue weighted by Gasteiger charge is -2.18. The van der Waals surface area contributed by atoms with Gasteiger partial charge in [0, 0.05) is 0 Å². The van der Waals surface area contributed by atoms with Gasteiger partial charge in [0.15, 0.2) is 0 Å². The zero-order valence-corrected chi connectivity index (χ0v) is 9.02. The molecule has 1 aromatic carbocycles. The molecule has 1 aromatic rings. The minimum atomic E-state index is 0.391. The molecule has 0 unspecified atom stereocenters. The van der Waals surface area contributed by atoms with Crippen LogP contribution >= 0.6 is 0 Å². The van der Waals surface area contributed by atoms with Crippen molar-refractivity contribution in [3.8, 4) is 0 Å². The van der Waals surface area contributed by atoms with E-state index in [1.165, 1.54) is 12.0 Å². The van der Waals surface area contributed by atoms with Gasteiger partial charge in [-0.25, -0.2) is 0 Å². The van der Waals surface area contributed by atoms with E-state index in [0.717, 1.165) is 5.92 Å². The predicted octanol–water partition coefficient (Wildman–Crippen LogP) is 3.78. The smallest absolute Gasteiger partial charge is 0.00950 e. The molecule has 0 aliphatic heterocycles. The molecule has 0 heterocycles. The van der Waals surface area contributed by atoms with E-state index in [0.29, 0.717) is 5.41 Å². The van der Waals surface area contributed by atoms with Crippen molar-refractivity contribution >= 4 is 0 Å². The molecule has 0 nitrogen and oxygen atoms in total. The van der Waals surface area contributed by atoms with Gasteiger partial charge in [0.05, 0.1) is 0 Å². The van der Waals surface area contributed by atoms with E-state index in [1.54, 1.807) is 11.1 Å². The van der Waals surface area contributed by atoms with Crippen molar-refractivity contribution in [2.75, 3.05) is 0 Å². The van der Waals surface area contributed by atoms with Crippen molar-refractivity contribution in [1.29, 1.82) is 0 Å². The second-order valence-corrected chi connectivity index (χ2v) is 5.08. The Bertz CT molecular complexity index is 334. The van der Waals surface area contributed by atoms with Crippen molar-refractivity contribution in [2.45, 2.75) is 45.4 Å². The van der Waals surface area contributed by atoms with Gasteiger partial charge in [-0.1, -0.05) is 44.5 Å². The van der Waals surface area contributed by atoms with Crippen molar-refractivity contribution < 1.29 is 0 Å². The number of fused-ring (bicyclic) bond motifs is 1. The summed E-state index contributed by atoms with van der Waals surface area (Å²) in [5, 5.41) is 0. The van der Waals surface area contributed by atoms with Crippen LogP contribution < -0.4 is 0 Å². The minimum absolute atomic E-state index is 0.391. The molecule has 0 saturated heterocycles. The van der Waals surface area contributed by atoms with Gasteiger partial charge >= 0.3 is 0 Å². The summed E-state index contributed by atoms with van der Waals surface area (Å²) >= 11 is 0. The van der Waals surface area contributed by atoms with Crippen molar-refractivity contribution in [2.24, 2.45) is 0 Å². The van der Waals surface area contributed by atoms with E-state index in [9.17, 15) is 0 Å². The van der Waals surface area contributed by atoms with Gasteiger partial charge in [-0.05, 0) is 35.8 Å². The zero-order valence-electron chi connectivity index (χ0n) is 9.02. The molecule has 0 spiro atoms. The van der Waals surface area contributed by atoms with Crippen LogP contribution in [0.5, 0.6) is 0 Å². The number of aryl methyl sites for hydroxylation is 1. The SMILES string of the molecule is Cc1ccc2c(c1)[C@@H](C)CC2(C)C. The molecule has 0 aromatic heterocycles. The second kappa shape index (κ2) is 2.60. The highest BCUT2D eigenvalue weighted by Crippen LogP contribution is 2.45. The first kappa shape index (κ1) is 8.80. The van der Waals surface area contributed by atoms with Gasteiger partial charge in [0.25, 0.3) is 0 Å². The Morgan fingerprint density at radius 3 is 2.69 bits per heavy atom. The van der Waals surface area contributed by atoms with E-state index in [4.69, 9.17) is 0 Å². The molecule has 1 aliphatic rings. The topological polar surface area (TPSA) is 0 Å². The van der Waals surface area contributed by atoms with Gasteiger partial charge in [-0.2, -0.15) is 0 Å². The summed E-state index contributed by atoms with van der Waals surface area (Å²) in [6.07, 6.45) is 1.30. The largest absolute Gasteiger partial charge is 0.0590 e. The van der Waals surface area contributed by atoms with Crippen LogP contribution in [-0.2, 0) is 5.41 Å². The third-order valence-corrected chi connectivity index (χ3v) is 3.28. The Morgan fingerprint density at radius 2 is 2.00 bits per heavy atom. The Labute approximate surface area is 81.0 Å². The number of hydrogen-bond donors (Lipinski definition) is 0. The van der Waals surface area contributed by atoms with E-state index in [2.05, 4.69) is 45.9 Å². The summed E-state index contributed by atoms with van der Waals surface area (Å²) in [5.74, 6) is 0.741. The first-order chi connectivity index (χ1) is 6.00. The first-order valence-electron chi connectivity index (χ1n) is 5.12. The Hall–Kier alpha value is -0.780. The molecule has 0 amide bonds. The summed E-state index contributed by atoms with van der Waals surface area (Å²) < 4.78 is 0. The normalized spacial score (nSPS) is 24.5. The fraction of sp³-hybridized carbons (Fsp3) is 0.538. The van der Waals surface area contributed by atoms with Crippen molar-refractivity contribution in [3.05, 3.63) is 34.9 Å². The standard InChI is InChI=1S/C13H18/c1-9-5-6-12-11(7-9)10(2)8-13(12,3)4/h5-7,10H,8H2,1-4H3/t10-/m0/s1. The molecule has 2 rings (SSSR count). The second-order valence-electron chi connectivity index (χ2n) is 5.08. The van der Waals surface area contributed by atoms with Gasteiger partial charge in [0.2, 0.25) is 0 Å². The molecule has 70 valence electrons. The van der Waals surface area contributed by atoms with Crippen LogP contribution in [0.25, 0.3) is 0 Å². The van der Waals surface area contributed by atoms with Gasteiger partial charge in [-0.3, -0.25) is 0 Å². The molecule has 0 saturated carbocycles. The molecule has 0 bridgehead atoms. The molecule has 0 radical (unpaired) electrons. The number of rotatable bonds is 0. The average molecular weight is 174 g/mol. The molecule has 0 heteroatoms. The third kappa shape index (κ3) is 1.29. The van der Waals surface area contributed by atoms with Crippen molar-refractivity contribution in [3.63, 3.8) is 0 Å². The van der Waals surface area contributed by atoms with Crippen molar-refractivity contribution in [1.82, 2.24) is 0 Å². The molecular formula is C13H18. The highest BCUT2D eigenvalue weighted by atomic mass is 14.4. The lowest BCUT2D eigenvalue weighted by molar-refractivity contribution is 0.489. The molecule has 1 atom stereocenters. The first-order valence-corrected chi connectivity index (χ1v) is 5.12. The molecule has 0 N–H and O–H groups in total. The highest BCUT2D eigenvalue weighted by Gasteiger charge is 2.33. The van der Waals surface area contributed by atoms with Crippen LogP contribution in [-0.4, -0.2) is 0 Å². The highest BCUT2D eigenvalue weighted by molar-refractivity contribution is 5.43. The molecular weight excluding hydrogens is 156 g/mol. The van der Waals surface area contributed by atoms with Gasteiger partial charge in [-0.15, -0.1) is 0 Å². The van der Waals surface area contributed by atoms with Crippen LogP contribution in [0.3, 0.4) is 0 Å². The summed E-state index contributed by atoms with van der Waals surface area (Å²) in [6.45, 7) is 9.22. The minimum Gasteiger partial charge on any atom is -0.0590 e. The summed E-state index contributed by atoms with van der Waals surface area (Å²) in [6, 6.07) is 6.90. The maximum atomic E-state index is 2.36. The Balaban J connectivity index is 2.59. The molecule has 0 fully saturated rings. The monoisotopic (exact) mass is 174 g/mol. The van der Waals surface area contributed by atoms with E-state index < -0.39 is 0 Å². The lowest BCUT2D eigenvalue weighted by atomic mass is 9.86. The fourth-order valence-electron chi connectivity index (χ4n) is 2.69. The number of hydrogen-bond acceptors (Lipinski definition) is 0.